The average molecular weight is 349 g/mol. The molecule has 0 aliphatic heterocycles. The van der Waals surface area contributed by atoms with Crippen LogP contribution in [0.1, 0.15) is 0 Å². The molecular weight excluding hydrogens is 339 g/mol. The van der Waals surface area contributed by atoms with Gasteiger partial charge in [-0.15, -0.1) is 0 Å². The summed E-state index contributed by atoms with van der Waals surface area (Å²) in [5.41, 5.74) is 1.66. The van der Waals surface area contributed by atoms with Crippen LogP contribution in [-0.2, 0) is 13.1 Å². The molecule has 0 unspecified atom stereocenters. The number of nitrogens with zero attached hydrogens (tertiary/aromatic N) is 2. The summed E-state index contributed by atoms with van der Waals surface area (Å²) in [5.74, 6) is 1.51. The molecule has 3 aromatic rings. The first-order chi connectivity index (χ1) is 9.85. The van der Waals surface area contributed by atoms with Crippen LogP contribution in [-0.4, -0.2) is 9.97 Å². The Kier molecular flexibility index (Phi) is 6.09. The summed E-state index contributed by atoms with van der Waals surface area (Å²) in [6, 6.07) is 15.3. The van der Waals surface area contributed by atoms with Crippen molar-refractivity contribution in [3.63, 3.8) is 0 Å². The number of hydrogen-bond donors (Lipinski definition) is 0. The van der Waals surface area contributed by atoms with Gasteiger partial charge in [0.2, 0.25) is 0 Å². The zero-order valence-corrected chi connectivity index (χ0v) is 12.8. The van der Waals surface area contributed by atoms with Crippen LogP contribution in [0.15, 0.2) is 65.3 Å². The molecule has 0 N–H and O–H groups in total. The Balaban J connectivity index is 0.000000452. The van der Waals surface area contributed by atoms with E-state index in [4.69, 9.17) is 24.6 Å². The molecule has 0 spiro atoms. The summed E-state index contributed by atoms with van der Waals surface area (Å²) < 4.78 is 5.73. The third kappa shape index (κ3) is 4.09. The Morgan fingerprint density at radius 3 is 1.55 bits per heavy atom. The molecule has 0 atom stereocenters. The molecule has 0 bridgehead atoms. The molecule has 0 fully saturated rings. The minimum absolute atomic E-state index is 0.194. The van der Waals surface area contributed by atoms with Crippen molar-refractivity contribution in [1.29, 1.82) is 0 Å². The van der Waals surface area contributed by atoms with Gasteiger partial charge in [0.05, 0.1) is 0 Å². The first-order valence-corrected chi connectivity index (χ1v) is 8.67. The molecule has 0 aliphatic carbocycles. The molecule has 3 aromatic heterocycles. The van der Waals surface area contributed by atoms with E-state index < -0.39 is 0 Å². The average Bonchev–Trinajstić information content (AvgIpc) is 3.00. The molecule has 3 rings (SSSR count). The summed E-state index contributed by atoms with van der Waals surface area (Å²) >= 11 is 0.194. The van der Waals surface area contributed by atoms with Crippen LogP contribution in [0.25, 0.3) is 22.9 Å². The van der Waals surface area contributed by atoms with E-state index in [0.29, 0.717) is 0 Å². The van der Waals surface area contributed by atoms with Gasteiger partial charge in [-0.3, -0.25) is 9.97 Å². The minimum Gasteiger partial charge on any atom is -0.453 e. The van der Waals surface area contributed by atoms with Gasteiger partial charge >= 0.3 is 33.3 Å². The van der Waals surface area contributed by atoms with Gasteiger partial charge in [-0.25, -0.2) is 0 Å². The molecule has 0 aliphatic rings. The van der Waals surface area contributed by atoms with Crippen molar-refractivity contribution in [1.82, 2.24) is 9.97 Å². The molecule has 20 heavy (non-hydrogen) atoms. The van der Waals surface area contributed by atoms with Crippen molar-refractivity contribution >= 4 is 20.2 Å². The van der Waals surface area contributed by atoms with Crippen molar-refractivity contribution in [2.75, 3.05) is 0 Å². The summed E-state index contributed by atoms with van der Waals surface area (Å²) in [5, 5.41) is 0. The third-order valence-electron chi connectivity index (χ3n) is 2.44. The predicted octanol–water partition coefficient (Wildman–Crippen LogP) is 4.78. The quantitative estimate of drug-likeness (QED) is 0.625. The number of furan rings is 1. The van der Waals surface area contributed by atoms with Gasteiger partial charge in [-0.05, 0) is 36.4 Å². The number of aromatic nitrogens is 2. The van der Waals surface area contributed by atoms with Gasteiger partial charge in [-0.2, -0.15) is 0 Å². The van der Waals surface area contributed by atoms with E-state index in [1.54, 1.807) is 12.4 Å². The molecule has 0 amide bonds. The topological polar surface area (TPSA) is 38.9 Å². The van der Waals surface area contributed by atoms with Crippen LogP contribution >= 0.6 is 20.2 Å². The Labute approximate surface area is 131 Å². The van der Waals surface area contributed by atoms with E-state index >= 15 is 0 Å². The van der Waals surface area contributed by atoms with E-state index in [9.17, 15) is 0 Å². The Bertz CT molecular complexity index is 578. The first kappa shape index (κ1) is 15.1. The van der Waals surface area contributed by atoms with Crippen LogP contribution in [0, 0.1) is 0 Å². The molecule has 0 aromatic carbocycles. The van der Waals surface area contributed by atoms with Crippen LogP contribution in [0.2, 0.25) is 0 Å². The summed E-state index contributed by atoms with van der Waals surface area (Å²) in [6.45, 7) is 0. The van der Waals surface area contributed by atoms with Gasteiger partial charge in [0, 0.05) is 12.4 Å². The molecule has 3 nitrogen and oxygen atoms in total. The SMILES string of the molecule is [Cl][Fe][Cl].c1ccc(-c2ccc(-c3ccccn3)o2)nc1. The number of halogens is 2. The van der Waals surface area contributed by atoms with Crippen molar-refractivity contribution < 1.29 is 17.6 Å². The summed E-state index contributed by atoms with van der Waals surface area (Å²) in [4.78, 5) is 8.48. The zero-order valence-electron chi connectivity index (χ0n) is 10.2. The van der Waals surface area contributed by atoms with Crippen molar-refractivity contribution in [3.8, 4) is 22.9 Å². The molecule has 6 heteroatoms. The summed E-state index contributed by atoms with van der Waals surface area (Å²) in [7, 11) is 9.53. The monoisotopic (exact) mass is 348 g/mol. The largest absolute Gasteiger partial charge is 0.453 e. The maximum absolute atomic E-state index is 5.73. The first-order valence-electron chi connectivity index (χ1n) is 5.63. The van der Waals surface area contributed by atoms with Crippen LogP contribution < -0.4 is 0 Å². The molecule has 3 heterocycles. The molecule has 0 saturated heterocycles. The van der Waals surface area contributed by atoms with Crippen molar-refractivity contribution in [2.45, 2.75) is 0 Å². The fraction of sp³-hybridized carbons (Fsp3) is 0. The van der Waals surface area contributed by atoms with E-state index in [1.165, 1.54) is 0 Å². The minimum atomic E-state index is 0.194. The molecule has 0 saturated carbocycles. The van der Waals surface area contributed by atoms with Crippen LogP contribution in [0.5, 0.6) is 0 Å². The van der Waals surface area contributed by atoms with Gasteiger partial charge in [0.1, 0.15) is 11.4 Å². The third-order valence-corrected chi connectivity index (χ3v) is 2.44. The molecule has 104 valence electrons. The number of pyridine rings is 2. The smallest absolute Gasteiger partial charge is 0.153 e. The zero-order chi connectivity index (χ0) is 14.2. The summed E-state index contributed by atoms with van der Waals surface area (Å²) in [6.07, 6.45) is 3.50. The molecular formula is C14H10Cl2FeN2O. The van der Waals surface area contributed by atoms with E-state index in [0.717, 1.165) is 22.9 Å². The van der Waals surface area contributed by atoms with Gasteiger partial charge in [0.25, 0.3) is 0 Å². The Morgan fingerprint density at radius 2 is 1.20 bits per heavy atom. The van der Waals surface area contributed by atoms with Gasteiger partial charge < -0.3 is 4.42 Å². The van der Waals surface area contributed by atoms with E-state index in [1.807, 2.05) is 48.5 Å². The van der Waals surface area contributed by atoms with Gasteiger partial charge in [0.15, 0.2) is 11.5 Å². The van der Waals surface area contributed by atoms with Crippen LogP contribution in [0.4, 0.5) is 0 Å². The number of rotatable bonds is 2. The maximum atomic E-state index is 5.73. The predicted molar refractivity (Wildman–Crippen MR) is 76.9 cm³/mol. The fourth-order valence-corrected chi connectivity index (χ4v) is 1.63. The van der Waals surface area contributed by atoms with Crippen molar-refractivity contribution in [3.05, 3.63) is 60.9 Å². The Hall–Kier alpha value is -1.32. The van der Waals surface area contributed by atoms with E-state index in [2.05, 4.69) is 9.97 Å². The van der Waals surface area contributed by atoms with Crippen molar-refractivity contribution in [2.24, 2.45) is 0 Å². The number of hydrogen-bond acceptors (Lipinski definition) is 3. The normalized spacial score (nSPS) is 9.90. The maximum Gasteiger partial charge on any atom is 0.153 e. The standard InChI is InChI=1S/C14H10N2O.2ClH.Fe/c1-3-9-15-11(5-1)13-7-8-14(17-13)12-6-2-4-10-16-12;;;/h1-10H;2*1H;/q;;;+2/p-2. The second-order valence-corrected chi connectivity index (χ2v) is 5.47. The van der Waals surface area contributed by atoms with Gasteiger partial charge in [-0.1, -0.05) is 12.1 Å². The fourth-order valence-electron chi connectivity index (χ4n) is 1.63. The molecule has 0 radical (unpaired) electrons. The Morgan fingerprint density at radius 1 is 0.750 bits per heavy atom. The van der Waals surface area contributed by atoms with Crippen LogP contribution in [0.3, 0.4) is 0 Å². The second kappa shape index (κ2) is 8.08. The second-order valence-electron chi connectivity index (χ2n) is 3.64. The van der Waals surface area contributed by atoms with E-state index in [-0.39, 0.29) is 13.1 Å².